The fourth-order valence-corrected chi connectivity index (χ4v) is 9.02. The van der Waals surface area contributed by atoms with Crippen molar-refractivity contribution in [1.29, 1.82) is 0 Å². The highest BCUT2D eigenvalue weighted by Gasteiger charge is 2.24. The van der Waals surface area contributed by atoms with Crippen molar-refractivity contribution < 1.29 is 9.15 Å². The monoisotopic (exact) mass is 716 g/mol. The minimum Gasteiger partial charge on any atom is -0.456 e. The van der Waals surface area contributed by atoms with Crippen molar-refractivity contribution in [3.63, 3.8) is 0 Å². The molecule has 0 saturated carbocycles. The second-order valence-electron chi connectivity index (χ2n) is 14.6. The van der Waals surface area contributed by atoms with Gasteiger partial charge in [0.15, 0.2) is 11.5 Å². The number of benzene rings is 8. The van der Waals surface area contributed by atoms with Crippen molar-refractivity contribution in [3.8, 4) is 45.5 Å². The van der Waals surface area contributed by atoms with E-state index < -0.39 is 0 Å². The van der Waals surface area contributed by atoms with Gasteiger partial charge in [-0.1, -0.05) is 91.0 Å². The van der Waals surface area contributed by atoms with Gasteiger partial charge in [0.1, 0.15) is 11.2 Å². The Labute approximate surface area is 319 Å². The van der Waals surface area contributed by atoms with E-state index in [1.54, 1.807) is 0 Å². The SMILES string of the molecule is c1ccc2c(c1)Oc1cccc3c4cc(-c5ccc6c(c5)c5ccccc5n6-c5nc(-c6ccc7oc8ccccc8c7c6)c6ccccc6n5)ccc4n-2c13. The number of hydrogen-bond acceptors (Lipinski definition) is 4. The highest BCUT2D eigenvalue weighted by molar-refractivity contribution is 6.14. The standard InChI is InChI=1S/C50H28N4O2/c1-4-14-39-35(12-1)48(31-22-25-45-38(28-31)33-11-3-7-17-44(33)55-45)52-50(51-39)54-40-15-5-2-10-32(40)36-26-29(21-24-42(36)54)30-20-23-41-37(27-30)34-13-9-19-47-49(34)53(41)43-16-6-8-18-46(43)56-47/h1-28H. The lowest BCUT2D eigenvalue weighted by Gasteiger charge is -2.20. The third kappa shape index (κ3) is 4.04. The van der Waals surface area contributed by atoms with Crippen LogP contribution < -0.4 is 4.74 Å². The molecular formula is C50H28N4O2. The zero-order chi connectivity index (χ0) is 36.5. The molecule has 0 unspecified atom stereocenters. The lowest BCUT2D eigenvalue weighted by atomic mass is 10.0. The van der Waals surface area contributed by atoms with Gasteiger partial charge >= 0.3 is 0 Å². The lowest BCUT2D eigenvalue weighted by molar-refractivity contribution is 0.476. The van der Waals surface area contributed by atoms with Crippen LogP contribution in [0.5, 0.6) is 11.5 Å². The third-order valence-corrected chi connectivity index (χ3v) is 11.5. The Morgan fingerprint density at radius 3 is 1.91 bits per heavy atom. The van der Waals surface area contributed by atoms with Gasteiger partial charge in [-0.25, -0.2) is 9.97 Å². The van der Waals surface area contributed by atoms with Crippen LogP contribution >= 0.6 is 0 Å². The first kappa shape index (κ1) is 29.7. The summed E-state index contributed by atoms with van der Waals surface area (Å²) in [5.74, 6) is 2.38. The number of hydrogen-bond donors (Lipinski definition) is 0. The minimum absolute atomic E-state index is 0.632. The molecule has 1 aliphatic rings. The summed E-state index contributed by atoms with van der Waals surface area (Å²) in [6.45, 7) is 0. The maximum atomic E-state index is 6.37. The topological polar surface area (TPSA) is 58.0 Å². The van der Waals surface area contributed by atoms with Crippen LogP contribution in [-0.2, 0) is 0 Å². The first-order valence-corrected chi connectivity index (χ1v) is 18.8. The van der Waals surface area contributed by atoms with E-state index >= 15 is 0 Å². The molecular weight excluding hydrogens is 689 g/mol. The van der Waals surface area contributed by atoms with Crippen LogP contribution in [0.3, 0.4) is 0 Å². The highest BCUT2D eigenvalue weighted by atomic mass is 16.5. The summed E-state index contributed by atoms with van der Waals surface area (Å²) >= 11 is 0. The van der Waals surface area contributed by atoms with E-state index in [2.05, 4.69) is 149 Å². The summed E-state index contributed by atoms with van der Waals surface area (Å²) in [4.78, 5) is 10.6. The molecule has 0 N–H and O–H groups in total. The van der Waals surface area contributed by atoms with Gasteiger partial charge in [0, 0.05) is 43.3 Å². The predicted octanol–water partition coefficient (Wildman–Crippen LogP) is 13.2. The highest BCUT2D eigenvalue weighted by Crippen LogP contribution is 2.46. The Balaban J connectivity index is 1.00. The Bertz CT molecular complexity index is 3640. The smallest absolute Gasteiger partial charge is 0.235 e. The molecule has 6 heteroatoms. The molecule has 0 spiro atoms. The fraction of sp³-hybridized carbons (Fsp3) is 0. The van der Waals surface area contributed by atoms with Gasteiger partial charge in [0.05, 0.1) is 39.0 Å². The molecule has 0 atom stereocenters. The average Bonchev–Trinajstić information content (AvgIpc) is 3.91. The number of rotatable bonds is 3. The second kappa shape index (κ2) is 10.9. The first-order chi connectivity index (χ1) is 27.7. The van der Waals surface area contributed by atoms with Gasteiger partial charge in [-0.15, -0.1) is 0 Å². The fourth-order valence-electron chi connectivity index (χ4n) is 9.02. The van der Waals surface area contributed by atoms with E-state index in [1.165, 1.54) is 10.8 Å². The van der Waals surface area contributed by atoms with Gasteiger partial charge in [0.25, 0.3) is 0 Å². The summed E-state index contributed by atoms with van der Waals surface area (Å²) in [5.41, 5.74) is 12.3. The molecule has 0 fully saturated rings. The molecule has 6 nitrogen and oxygen atoms in total. The Kier molecular flexibility index (Phi) is 5.80. The molecule has 12 aromatic rings. The second-order valence-corrected chi connectivity index (χ2v) is 14.6. The van der Waals surface area contributed by atoms with E-state index in [0.717, 1.165) is 105 Å². The van der Waals surface area contributed by atoms with Crippen LogP contribution in [0.15, 0.2) is 174 Å². The van der Waals surface area contributed by atoms with Crippen molar-refractivity contribution in [2.45, 2.75) is 0 Å². The van der Waals surface area contributed by atoms with Gasteiger partial charge in [-0.3, -0.25) is 4.57 Å². The number of nitrogens with zero attached hydrogens (tertiary/aromatic N) is 4. The molecule has 0 amide bonds. The molecule has 0 bridgehead atoms. The summed E-state index contributed by atoms with van der Waals surface area (Å²) in [6.07, 6.45) is 0. The molecule has 13 rings (SSSR count). The van der Waals surface area contributed by atoms with E-state index in [-0.39, 0.29) is 0 Å². The lowest BCUT2D eigenvalue weighted by Crippen LogP contribution is -2.03. The van der Waals surface area contributed by atoms with E-state index in [9.17, 15) is 0 Å². The summed E-state index contributed by atoms with van der Waals surface area (Å²) in [6, 6.07) is 59.5. The summed E-state index contributed by atoms with van der Waals surface area (Å²) in [7, 11) is 0. The molecule has 0 aliphatic carbocycles. The number of para-hydroxylation sites is 6. The zero-order valence-corrected chi connectivity index (χ0v) is 29.8. The van der Waals surface area contributed by atoms with Crippen LogP contribution in [0, 0.1) is 0 Å². The number of aromatic nitrogens is 4. The van der Waals surface area contributed by atoms with E-state index in [4.69, 9.17) is 19.1 Å². The van der Waals surface area contributed by atoms with Crippen molar-refractivity contribution in [2.24, 2.45) is 0 Å². The van der Waals surface area contributed by atoms with Crippen molar-refractivity contribution in [1.82, 2.24) is 19.1 Å². The van der Waals surface area contributed by atoms with Crippen LogP contribution in [-0.4, -0.2) is 19.1 Å². The van der Waals surface area contributed by atoms with Crippen LogP contribution in [0.4, 0.5) is 0 Å². The van der Waals surface area contributed by atoms with E-state index in [0.29, 0.717) is 5.95 Å². The molecule has 0 radical (unpaired) electrons. The average molecular weight is 717 g/mol. The maximum Gasteiger partial charge on any atom is 0.235 e. The maximum absolute atomic E-state index is 6.37. The Morgan fingerprint density at radius 1 is 0.393 bits per heavy atom. The molecule has 56 heavy (non-hydrogen) atoms. The van der Waals surface area contributed by atoms with Crippen molar-refractivity contribution in [2.75, 3.05) is 0 Å². The van der Waals surface area contributed by atoms with E-state index in [1.807, 2.05) is 30.3 Å². The zero-order valence-electron chi connectivity index (χ0n) is 29.8. The van der Waals surface area contributed by atoms with Crippen LogP contribution in [0.2, 0.25) is 0 Å². The van der Waals surface area contributed by atoms with Crippen molar-refractivity contribution >= 4 is 76.5 Å². The number of ether oxygens (including phenoxy) is 1. The van der Waals surface area contributed by atoms with Crippen molar-refractivity contribution in [3.05, 3.63) is 170 Å². The molecule has 4 aromatic heterocycles. The largest absolute Gasteiger partial charge is 0.456 e. The van der Waals surface area contributed by atoms with Gasteiger partial charge in [-0.2, -0.15) is 0 Å². The van der Waals surface area contributed by atoms with Gasteiger partial charge < -0.3 is 13.7 Å². The number of furan rings is 1. The van der Waals surface area contributed by atoms with Gasteiger partial charge in [-0.05, 0) is 90.0 Å². The molecule has 5 heterocycles. The predicted molar refractivity (Wildman–Crippen MR) is 226 cm³/mol. The van der Waals surface area contributed by atoms with Crippen LogP contribution in [0.1, 0.15) is 0 Å². The molecule has 1 aliphatic heterocycles. The molecule has 8 aromatic carbocycles. The summed E-state index contributed by atoms with van der Waals surface area (Å²) in [5, 5.41) is 7.83. The third-order valence-electron chi connectivity index (χ3n) is 11.5. The molecule has 0 saturated heterocycles. The van der Waals surface area contributed by atoms with Crippen LogP contribution in [0.25, 0.3) is 110 Å². The molecule has 260 valence electrons. The normalized spacial score (nSPS) is 12.4. The number of fused-ring (bicyclic) bond motifs is 12. The summed E-state index contributed by atoms with van der Waals surface area (Å²) < 4.78 is 17.1. The Morgan fingerprint density at radius 2 is 1.02 bits per heavy atom. The quantitative estimate of drug-likeness (QED) is 0.183. The Hall–Kier alpha value is -7.70. The van der Waals surface area contributed by atoms with Gasteiger partial charge in [0.2, 0.25) is 5.95 Å². The first-order valence-electron chi connectivity index (χ1n) is 18.8. The minimum atomic E-state index is 0.632.